The number of nitriles is 1. The average molecular weight is 441 g/mol. The van der Waals surface area contributed by atoms with E-state index in [1.54, 1.807) is 12.3 Å². The molecule has 0 radical (unpaired) electrons. The normalized spacial score (nSPS) is 13.9. The summed E-state index contributed by atoms with van der Waals surface area (Å²) in [5.41, 5.74) is 2.38. The summed E-state index contributed by atoms with van der Waals surface area (Å²) in [5.74, 6) is 0.290. The van der Waals surface area contributed by atoms with E-state index in [1.807, 2.05) is 24.3 Å². The van der Waals surface area contributed by atoms with Crippen molar-refractivity contribution in [2.45, 2.75) is 31.2 Å². The zero-order chi connectivity index (χ0) is 22.1. The molecule has 1 aliphatic rings. The van der Waals surface area contributed by atoms with Crippen molar-refractivity contribution in [1.29, 1.82) is 5.26 Å². The minimum Gasteiger partial charge on any atom is -0.424 e. The van der Waals surface area contributed by atoms with E-state index < -0.39 is 5.54 Å². The second-order valence-corrected chi connectivity index (χ2v) is 8.60. The fraction of sp³-hybridized carbons (Fsp3) is 0.227. The van der Waals surface area contributed by atoms with E-state index in [1.165, 1.54) is 11.3 Å². The van der Waals surface area contributed by atoms with Crippen molar-refractivity contribution >= 4 is 33.1 Å². The van der Waals surface area contributed by atoms with Gasteiger partial charge in [-0.2, -0.15) is 5.26 Å². The zero-order valence-corrected chi connectivity index (χ0v) is 17.5. The summed E-state index contributed by atoms with van der Waals surface area (Å²) >= 11 is 1.52. The van der Waals surface area contributed by atoms with E-state index >= 15 is 0 Å². The Bertz CT molecular complexity index is 1400. The predicted molar refractivity (Wildman–Crippen MR) is 116 cm³/mol. The molecule has 1 N–H and O–H groups in total. The molecule has 156 valence electrons. The van der Waals surface area contributed by atoms with Crippen LogP contribution in [0.1, 0.15) is 29.6 Å². The number of rotatable bonds is 6. The van der Waals surface area contributed by atoms with Gasteiger partial charge in [-0.15, -0.1) is 21.5 Å². The summed E-state index contributed by atoms with van der Waals surface area (Å²) in [5, 5.41) is 20.5. The standard InChI is InChI=1S/C22H15N7O2S/c1-24-14-3-5-15(25-11-14)13-2-4-16-17(8-13)32-21(26-16)10-20-29-28-19(31-20)9-18(30)27-22(12-23)6-7-22/h2-5,8,11H,6-7,9-10H2,(H,27,30). The van der Waals surface area contributed by atoms with Crippen LogP contribution in [0.25, 0.3) is 26.3 Å². The number of thiazole rings is 1. The molecule has 1 aliphatic carbocycles. The van der Waals surface area contributed by atoms with Crippen LogP contribution >= 0.6 is 11.3 Å². The van der Waals surface area contributed by atoms with Crippen LogP contribution < -0.4 is 5.32 Å². The van der Waals surface area contributed by atoms with Gasteiger partial charge in [-0.3, -0.25) is 9.78 Å². The molecule has 0 atom stereocenters. The van der Waals surface area contributed by atoms with Gasteiger partial charge in [0.2, 0.25) is 23.4 Å². The molecule has 0 spiro atoms. The van der Waals surface area contributed by atoms with Crippen molar-refractivity contribution in [3.05, 3.63) is 64.7 Å². The Morgan fingerprint density at radius 2 is 2.12 bits per heavy atom. The smallest absolute Gasteiger partial charge is 0.230 e. The molecule has 1 amide bonds. The summed E-state index contributed by atoms with van der Waals surface area (Å²) in [7, 11) is 0. The maximum absolute atomic E-state index is 12.1. The largest absolute Gasteiger partial charge is 0.424 e. The van der Waals surface area contributed by atoms with Crippen LogP contribution in [0.5, 0.6) is 0 Å². The Balaban J connectivity index is 1.28. The average Bonchev–Trinajstić information content (AvgIpc) is 3.24. The Hall–Kier alpha value is -4.15. The van der Waals surface area contributed by atoms with E-state index in [9.17, 15) is 4.79 Å². The number of amides is 1. The first-order chi connectivity index (χ1) is 15.6. The highest BCUT2D eigenvalue weighted by atomic mass is 32.1. The maximum Gasteiger partial charge on any atom is 0.230 e. The lowest BCUT2D eigenvalue weighted by Crippen LogP contribution is -2.36. The van der Waals surface area contributed by atoms with Gasteiger partial charge in [0.1, 0.15) is 17.0 Å². The molecule has 3 aromatic heterocycles. The van der Waals surface area contributed by atoms with Crippen molar-refractivity contribution < 1.29 is 9.21 Å². The second kappa shape index (κ2) is 7.84. The predicted octanol–water partition coefficient (Wildman–Crippen LogP) is 3.60. The van der Waals surface area contributed by atoms with Gasteiger partial charge >= 0.3 is 0 Å². The first kappa shape index (κ1) is 19.8. The number of carbonyl (C=O) groups is 1. The molecule has 1 aromatic carbocycles. The molecule has 5 rings (SSSR count). The monoisotopic (exact) mass is 441 g/mol. The summed E-state index contributed by atoms with van der Waals surface area (Å²) in [6, 6.07) is 11.6. The van der Waals surface area contributed by atoms with Gasteiger partial charge in [0.15, 0.2) is 0 Å². The van der Waals surface area contributed by atoms with Crippen molar-refractivity contribution in [2.75, 3.05) is 0 Å². The van der Waals surface area contributed by atoms with E-state index in [2.05, 4.69) is 36.4 Å². The lowest BCUT2D eigenvalue weighted by molar-refractivity contribution is -0.121. The minimum absolute atomic E-state index is 0.0566. The highest BCUT2D eigenvalue weighted by Crippen LogP contribution is 2.34. The quantitative estimate of drug-likeness (QED) is 0.454. The number of fused-ring (bicyclic) bond motifs is 1. The summed E-state index contributed by atoms with van der Waals surface area (Å²) in [6.45, 7) is 7.03. The van der Waals surface area contributed by atoms with Crippen molar-refractivity contribution in [3.8, 4) is 17.3 Å². The fourth-order valence-corrected chi connectivity index (χ4v) is 4.23. The number of hydrogen-bond acceptors (Lipinski definition) is 8. The van der Waals surface area contributed by atoms with E-state index in [0.29, 0.717) is 30.8 Å². The van der Waals surface area contributed by atoms with Crippen LogP contribution in [0.15, 0.2) is 40.9 Å². The molecule has 3 heterocycles. The first-order valence-corrected chi connectivity index (χ1v) is 10.6. The van der Waals surface area contributed by atoms with Gasteiger partial charge < -0.3 is 9.73 Å². The number of carbonyl (C=O) groups excluding carboxylic acids is 1. The lowest BCUT2D eigenvalue weighted by atomic mass is 10.1. The van der Waals surface area contributed by atoms with Crippen LogP contribution in [-0.2, 0) is 17.6 Å². The third-order valence-corrected chi connectivity index (χ3v) is 6.09. The molecule has 0 bridgehead atoms. The van der Waals surface area contributed by atoms with Crippen LogP contribution in [0.3, 0.4) is 0 Å². The van der Waals surface area contributed by atoms with Crippen LogP contribution in [0.4, 0.5) is 5.69 Å². The number of aromatic nitrogens is 4. The lowest BCUT2D eigenvalue weighted by Gasteiger charge is -2.06. The molecule has 10 heteroatoms. The number of hydrogen-bond donors (Lipinski definition) is 1. The molecular weight excluding hydrogens is 426 g/mol. The molecule has 9 nitrogen and oxygen atoms in total. The second-order valence-electron chi connectivity index (χ2n) is 7.49. The SMILES string of the molecule is [C-]#[N+]c1ccc(-c2ccc3nc(Cc4nnc(CC(=O)NC5(C#N)CC5)o4)sc3c2)nc1. The zero-order valence-electron chi connectivity index (χ0n) is 16.7. The van der Waals surface area contributed by atoms with E-state index in [4.69, 9.17) is 16.3 Å². The number of pyridine rings is 1. The van der Waals surface area contributed by atoms with Gasteiger partial charge in [0.05, 0.1) is 35.0 Å². The van der Waals surface area contributed by atoms with Crippen LogP contribution in [0, 0.1) is 17.9 Å². The molecule has 0 unspecified atom stereocenters. The van der Waals surface area contributed by atoms with Gasteiger partial charge in [-0.25, -0.2) is 9.83 Å². The van der Waals surface area contributed by atoms with E-state index in [-0.39, 0.29) is 18.2 Å². The minimum atomic E-state index is -0.714. The molecule has 1 fully saturated rings. The summed E-state index contributed by atoms with van der Waals surface area (Å²) in [4.78, 5) is 24.4. The molecule has 0 aliphatic heterocycles. The van der Waals surface area contributed by atoms with Gasteiger partial charge in [-0.05, 0) is 31.0 Å². The first-order valence-electron chi connectivity index (χ1n) is 9.83. The fourth-order valence-electron chi connectivity index (χ4n) is 3.23. The number of nitrogens with one attached hydrogen (secondary N) is 1. The topological polar surface area (TPSA) is 122 Å². The van der Waals surface area contributed by atoms with Crippen LogP contribution in [-0.4, -0.2) is 31.6 Å². The van der Waals surface area contributed by atoms with Crippen molar-refractivity contribution in [2.24, 2.45) is 0 Å². The number of benzene rings is 1. The molecule has 4 aromatic rings. The van der Waals surface area contributed by atoms with Gasteiger partial charge in [0, 0.05) is 11.8 Å². The Morgan fingerprint density at radius 1 is 1.28 bits per heavy atom. The molecular formula is C22H15N7O2S. The van der Waals surface area contributed by atoms with Crippen molar-refractivity contribution in [1.82, 2.24) is 25.5 Å². The molecule has 0 saturated heterocycles. The third kappa shape index (κ3) is 4.04. The highest BCUT2D eigenvalue weighted by Gasteiger charge is 2.44. The Kier molecular flexibility index (Phi) is 4.85. The summed E-state index contributed by atoms with van der Waals surface area (Å²) < 4.78 is 6.60. The highest BCUT2D eigenvalue weighted by molar-refractivity contribution is 7.18. The third-order valence-electron chi connectivity index (χ3n) is 5.07. The Labute approximate surface area is 186 Å². The maximum atomic E-state index is 12.1. The number of nitrogens with zero attached hydrogens (tertiary/aromatic N) is 6. The van der Waals surface area contributed by atoms with E-state index in [0.717, 1.165) is 26.5 Å². The van der Waals surface area contributed by atoms with Gasteiger partial charge in [-0.1, -0.05) is 12.1 Å². The molecule has 1 saturated carbocycles. The summed E-state index contributed by atoms with van der Waals surface area (Å²) in [6.07, 6.45) is 3.21. The Morgan fingerprint density at radius 3 is 2.84 bits per heavy atom. The van der Waals surface area contributed by atoms with Crippen molar-refractivity contribution in [3.63, 3.8) is 0 Å². The van der Waals surface area contributed by atoms with Gasteiger partial charge in [0.25, 0.3) is 0 Å². The molecule has 32 heavy (non-hydrogen) atoms. The van der Waals surface area contributed by atoms with Crippen LogP contribution in [0.2, 0.25) is 0 Å².